The van der Waals surface area contributed by atoms with Crippen LogP contribution in [0.15, 0.2) is 0 Å². The van der Waals surface area contributed by atoms with Crippen LogP contribution < -0.4 is 0 Å². The largest absolute Gasteiger partial charge is 0.380 e. The SMILES string of the molecule is CC(C#N)C(=O)N1CC(O)(C(F)F)C1. The first-order chi connectivity index (χ1) is 6.40. The van der Waals surface area contributed by atoms with Crippen LogP contribution in [0, 0.1) is 17.2 Å². The van der Waals surface area contributed by atoms with Crippen molar-refractivity contribution in [3.05, 3.63) is 0 Å². The molecule has 14 heavy (non-hydrogen) atoms. The summed E-state index contributed by atoms with van der Waals surface area (Å²) < 4.78 is 24.3. The summed E-state index contributed by atoms with van der Waals surface area (Å²) in [5, 5.41) is 17.5. The molecule has 0 aromatic heterocycles. The maximum absolute atomic E-state index is 12.1. The van der Waals surface area contributed by atoms with Gasteiger partial charge in [0.1, 0.15) is 5.92 Å². The minimum absolute atomic E-state index is 0.393. The minimum atomic E-state index is -2.86. The zero-order valence-electron chi connectivity index (χ0n) is 7.57. The molecule has 1 heterocycles. The standard InChI is InChI=1S/C8H10F2N2O2/c1-5(2-11)6(13)12-3-8(14,4-12)7(9)10/h5,7,14H,3-4H2,1H3. The number of β-amino-alcohol motifs (C(OH)–C–C–N with tert-alkyl or cyclic N) is 1. The van der Waals surface area contributed by atoms with Gasteiger partial charge in [0.2, 0.25) is 5.91 Å². The Kier molecular flexibility index (Phi) is 2.71. The van der Waals surface area contributed by atoms with Gasteiger partial charge in [0.05, 0.1) is 19.2 Å². The molecule has 1 saturated heterocycles. The summed E-state index contributed by atoms with van der Waals surface area (Å²) in [5.41, 5.74) is -2.08. The lowest BCUT2D eigenvalue weighted by molar-refractivity contribution is -0.190. The maximum Gasteiger partial charge on any atom is 0.270 e. The summed E-state index contributed by atoms with van der Waals surface area (Å²) in [6.45, 7) is 0.604. The van der Waals surface area contributed by atoms with Gasteiger partial charge >= 0.3 is 0 Å². The van der Waals surface area contributed by atoms with Crippen LogP contribution in [-0.4, -0.2) is 41.0 Å². The number of nitriles is 1. The molecule has 1 aliphatic heterocycles. The summed E-state index contributed by atoms with van der Waals surface area (Å²) in [6.07, 6.45) is -2.86. The molecule has 0 spiro atoms. The molecular weight excluding hydrogens is 194 g/mol. The van der Waals surface area contributed by atoms with Crippen molar-refractivity contribution in [2.45, 2.75) is 19.0 Å². The molecule has 0 radical (unpaired) electrons. The number of hydrogen-bond donors (Lipinski definition) is 1. The maximum atomic E-state index is 12.1. The van der Waals surface area contributed by atoms with Gasteiger partial charge in [-0.2, -0.15) is 5.26 Å². The minimum Gasteiger partial charge on any atom is -0.380 e. The Bertz CT molecular complexity index is 282. The number of likely N-dealkylation sites (tertiary alicyclic amines) is 1. The van der Waals surface area contributed by atoms with E-state index in [4.69, 9.17) is 10.4 Å². The van der Waals surface area contributed by atoms with Crippen LogP contribution in [0.1, 0.15) is 6.92 Å². The van der Waals surface area contributed by atoms with Crippen LogP contribution >= 0.6 is 0 Å². The molecule has 1 unspecified atom stereocenters. The quantitative estimate of drug-likeness (QED) is 0.687. The molecule has 0 aromatic rings. The number of rotatable bonds is 2. The molecule has 0 aliphatic carbocycles. The van der Waals surface area contributed by atoms with Gasteiger partial charge in [-0.1, -0.05) is 0 Å². The second-order valence-corrected chi connectivity index (χ2v) is 3.45. The monoisotopic (exact) mass is 204 g/mol. The lowest BCUT2D eigenvalue weighted by atomic mass is 9.93. The number of alkyl halides is 2. The van der Waals surface area contributed by atoms with Crippen LogP contribution in [0.25, 0.3) is 0 Å². The molecule has 1 rings (SSSR count). The van der Waals surface area contributed by atoms with E-state index >= 15 is 0 Å². The molecular formula is C8H10F2N2O2. The van der Waals surface area contributed by atoms with Gasteiger partial charge in [-0.3, -0.25) is 4.79 Å². The summed E-state index contributed by atoms with van der Waals surface area (Å²) in [5.74, 6) is -1.37. The highest BCUT2D eigenvalue weighted by Crippen LogP contribution is 2.28. The third-order valence-electron chi connectivity index (χ3n) is 2.21. The highest BCUT2D eigenvalue weighted by atomic mass is 19.3. The van der Waals surface area contributed by atoms with Crippen LogP contribution in [0.4, 0.5) is 8.78 Å². The van der Waals surface area contributed by atoms with E-state index < -0.39 is 36.9 Å². The zero-order chi connectivity index (χ0) is 10.9. The first kappa shape index (κ1) is 10.9. The predicted octanol–water partition coefficient (Wildman–Crippen LogP) is -0.0155. The van der Waals surface area contributed by atoms with Crippen molar-refractivity contribution in [2.75, 3.05) is 13.1 Å². The van der Waals surface area contributed by atoms with Crippen molar-refractivity contribution in [3.8, 4) is 6.07 Å². The van der Waals surface area contributed by atoms with Crippen molar-refractivity contribution in [3.63, 3.8) is 0 Å². The molecule has 0 aromatic carbocycles. The topological polar surface area (TPSA) is 64.3 Å². The second-order valence-electron chi connectivity index (χ2n) is 3.45. The molecule has 1 amide bonds. The molecule has 1 fully saturated rings. The fourth-order valence-electron chi connectivity index (χ4n) is 1.24. The molecule has 0 saturated carbocycles. The molecule has 6 heteroatoms. The number of amides is 1. The first-order valence-electron chi connectivity index (χ1n) is 4.09. The van der Waals surface area contributed by atoms with Crippen LogP contribution in [0.2, 0.25) is 0 Å². The molecule has 1 N–H and O–H groups in total. The molecule has 0 bridgehead atoms. The third-order valence-corrected chi connectivity index (χ3v) is 2.21. The van der Waals surface area contributed by atoms with Crippen molar-refractivity contribution in [1.29, 1.82) is 5.26 Å². The highest BCUT2D eigenvalue weighted by molar-refractivity contribution is 5.81. The van der Waals surface area contributed by atoms with Crippen molar-refractivity contribution in [1.82, 2.24) is 4.90 Å². The first-order valence-corrected chi connectivity index (χ1v) is 4.09. The van der Waals surface area contributed by atoms with E-state index in [1.54, 1.807) is 6.07 Å². The van der Waals surface area contributed by atoms with Crippen molar-refractivity contribution >= 4 is 5.91 Å². The van der Waals surface area contributed by atoms with Crippen LogP contribution in [0.3, 0.4) is 0 Å². The van der Waals surface area contributed by atoms with Gasteiger partial charge in [-0.15, -0.1) is 0 Å². The Morgan fingerprint density at radius 3 is 2.50 bits per heavy atom. The van der Waals surface area contributed by atoms with Crippen molar-refractivity contribution in [2.24, 2.45) is 5.92 Å². The number of hydrogen-bond acceptors (Lipinski definition) is 3. The highest BCUT2D eigenvalue weighted by Gasteiger charge is 2.51. The normalized spacial score (nSPS) is 21.3. The Morgan fingerprint density at radius 2 is 2.14 bits per heavy atom. The number of carbonyl (C=O) groups is 1. The lowest BCUT2D eigenvalue weighted by Crippen LogP contribution is -2.67. The Balaban J connectivity index is 2.50. The van der Waals surface area contributed by atoms with Gasteiger partial charge < -0.3 is 10.0 Å². The van der Waals surface area contributed by atoms with E-state index in [1.807, 2.05) is 0 Å². The van der Waals surface area contributed by atoms with Gasteiger partial charge in [-0.05, 0) is 6.92 Å². The predicted molar refractivity (Wildman–Crippen MR) is 42.3 cm³/mol. The number of halogens is 2. The second kappa shape index (κ2) is 3.50. The van der Waals surface area contributed by atoms with E-state index in [1.165, 1.54) is 6.92 Å². The van der Waals surface area contributed by atoms with E-state index in [0.717, 1.165) is 4.90 Å². The molecule has 4 nitrogen and oxygen atoms in total. The average molecular weight is 204 g/mol. The number of nitrogens with zero attached hydrogens (tertiary/aromatic N) is 2. The fraction of sp³-hybridized carbons (Fsp3) is 0.750. The van der Waals surface area contributed by atoms with E-state index in [0.29, 0.717) is 0 Å². The van der Waals surface area contributed by atoms with Crippen LogP contribution in [-0.2, 0) is 4.79 Å². The summed E-state index contributed by atoms with van der Waals surface area (Å²) >= 11 is 0. The van der Waals surface area contributed by atoms with Gasteiger partial charge in [0.25, 0.3) is 6.43 Å². The average Bonchev–Trinajstić information content (AvgIpc) is 2.10. The number of carbonyl (C=O) groups excluding carboxylic acids is 1. The summed E-state index contributed by atoms with van der Waals surface area (Å²) in [4.78, 5) is 12.3. The van der Waals surface area contributed by atoms with Gasteiger partial charge in [0.15, 0.2) is 5.60 Å². The van der Waals surface area contributed by atoms with Gasteiger partial charge in [-0.25, -0.2) is 8.78 Å². The van der Waals surface area contributed by atoms with Crippen LogP contribution in [0.5, 0.6) is 0 Å². The summed E-state index contributed by atoms with van der Waals surface area (Å²) in [7, 11) is 0. The number of aliphatic hydroxyl groups is 1. The third kappa shape index (κ3) is 1.68. The lowest BCUT2D eigenvalue weighted by Gasteiger charge is -2.45. The zero-order valence-corrected chi connectivity index (χ0v) is 7.57. The Labute approximate surface area is 79.7 Å². The molecule has 1 atom stereocenters. The summed E-state index contributed by atoms with van der Waals surface area (Å²) in [6, 6.07) is 1.71. The fourth-order valence-corrected chi connectivity index (χ4v) is 1.24. The molecule has 1 aliphatic rings. The van der Waals surface area contributed by atoms with Crippen molar-refractivity contribution < 1.29 is 18.7 Å². The Hall–Kier alpha value is -1.22. The van der Waals surface area contributed by atoms with E-state index in [2.05, 4.69) is 0 Å². The van der Waals surface area contributed by atoms with E-state index in [-0.39, 0.29) is 0 Å². The molecule has 78 valence electrons. The van der Waals surface area contributed by atoms with E-state index in [9.17, 15) is 13.6 Å². The smallest absolute Gasteiger partial charge is 0.270 e. The Morgan fingerprint density at radius 1 is 1.64 bits per heavy atom. The van der Waals surface area contributed by atoms with Gasteiger partial charge in [0, 0.05) is 0 Å².